The number of nitriles is 1. The van der Waals surface area contributed by atoms with Gasteiger partial charge in [-0.1, -0.05) is 53.6 Å². The average molecular weight is 438 g/mol. The van der Waals surface area contributed by atoms with Crippen LogP contribution in [0.15, 0.2) is 83.5 Å². The summed E-state index contributed by atoms with van der Waals surface area (Å²) < 4.78 is 31.1. The summed E-state index contributed by atoms with van der Waals surface area (Å²) in [6.45, 7) is 3.50. The van der Waals surface area contributed by atoms with Crippen LogP contribution in [0.4, 0.5) is 0 Å². The van der Waals surface area contributed by atoms with Gasteiger partial charge < -0.3 is 4.18 Å². The zero-order chi connectivity index (χ0) is 21.7. The molecule has 3 rings (SSSR count). The minimum atomic E-state index is -3.99. The number of rotatable bonds is 6. The Morgan fingerprint density at radius 2 is 1.70 bits per heavy atom. The summed E-state index contributed by atoms with van der Waals surface area (Å²) in [4.78, 5) is 0.0871. The molecular formula is C24H20ClNO3S. The van der Waals surface area contributed by atoms with Crippen molar-refractivity contribution in [2.24, 2.45) is 0 Å². The maximum Gasteiger partial charge on any atom is 0.338 e. The molecule has 30 heavy (non-hydrogen) atoms. The largest absolute Gasteiger partial charge is 0.383 e. The first-order valence-corrected chi connectivity index (χ1v) is 11.0. The summed E-state index contributed by atoms with van der Waals surface area (Å²) in [7, 11) is -3.99. The zero-order valence-electron chi connectivity index (χ0n) is 16.6. The lowest BCUT2D eigenvalue weighted by Crippen LogP contribution is -2.07. The van der Waals surface area contributed by atoms with Crippen LogP contribution in [-0.4, -0.2) is 8.42 Å². The van der Waals surface area contributed by atoms with Crippen molar-refractivity contribution in [3.05, 3.63) is 106 Å². The van der Waals surface area contributed by atoms with Crippen molar-refractivity contribution in [3.8, 4) is 6.07 Å². The Hall–Kier alpha value is -3.07. The van der Waals surface area contributed by atoms with E-state index in [4.69, 9.17) is 15.8 Å². The summed E-state index contributed by atoms with van der Waals surface area (Å²) >= 11 is 5.98. The van der Waals surface area contributed by atoms with Gasteiger partial charge in [0.15, 0.2) is 0 Å². The quantitative estimate of drug-likeness (QED) is 0.355. The Bertz CT molecular complexity index is 1220. The van der Waals surface area contributed by atoms with Crippen molar-refractivity contribution < 1.29 is 12.6 Å². The van der Waals surface area contributed by atoms with Gasteiger partial charge in [0, 0.05) is 17.0 Å². The topological polar surface area (TPSA) is 67.2 Å². The highest BCUT2D eigenvalue weighted by Gasteiger charge is 2.19. The minimum absolute atomic E-state index is 0.0871. The van der Waals surface area contributed by atoms with Crippen molar-refractivity contribution in [2.75, 3.05) is 0 Å². The van der Waals surface area contributed by atoms with Crippen molar-refractivity contribution >= 4 is 27.3 Å². The lowest BCUT2D eigenvalue weighted by atomic mass is 9.96. The number of hydrogen-bond donors (Lipinski definition) is 0. The van der Waals surface area contributed by atoms with E-state index >= 15 is 0 Å². The number of hydrogen-bond acceptors (Lipinski definition) is 4. The van der Waals surface area contributed by atoms with Gasteiger partial charge in [0.1, 0.15) is 10.7 Å². The molecule has 0 unspecified atom stereocenters. The second-order valence-corrected chi connectivity index (χ2v) is 8.86. The van der Waals surface area contributed by atoms with Crippen LogP contribution in [0.2, 0.25) is 5.02 Å². The molecule has 6 heteroatoms. The van der Waals surface area contributed by atoms with E-state index in [2.05, 4.69) is 6.07 Å². The van der Waals surface area contributed by atoms with Crippen LogP contribution in [0.1, 0.15) is 29.2 Å². The molecule has 0 aliphatic heterocycles. The monoisotopic (exact) mass is 437 g/mol. The fourth-order valence-corrected chi connectivity index (χ4v) is 4.10. The highest BCUT2D eigenvalue weighted by Crippen LogP contribution is 2.28. The molecule has 0 aliphatic carbocycles. The van der Waals surface area contributed by atoms with Gasteiger partial charge in [0.25, 0.3) is 0 Å². The van der Waals surface area contributed by atoms with Gasteiger partial charge in [-0.25, -0.2) is 0 Å². The van der Waals surface area contributed by atoms with Gasteiger partial charge in [-0.15, -0.1) is 0 Å². The average Bonchev–Trinajstić information content (AvgIpc) is 2.73. The minimum Gasteiger partial charge on any atom is -0.383 e. The fraction of sp³-hybridized carbons (Fsp3) is 0.125. The molecule has 152 valence electrons. The maximum absolute atomic E-state index is 12.8. The summed E-state index contributed by atoms with van der Waals surface area (Å²) in [5.41, 5.74) is 3.77. The van der Waals surface area contributed by atoms with Crippen molar-refractivity contribution in [1.29, 1.82) is 5.26 Å². The number of allylic oxidation sites excluding steroid dienone is 2. The van der Waals surface area contributed by atoms with E-state index in [1.165, 1.54) is 12.1 Å². The van der Waals surface area contributed by atoms with E-state index in [0.29, 0.717) is 22.6 Å². The van der Waals surface area contributed by atoms with Gasteiger partial charge in [-0.2, -0.15) is 13.7 Å². The third kappa shape index (κ3) is 5.29. The molecule has 0 saturated heterocycles. The maximum atomic E-state index is 12.8. The molecule has 3 aromatic rings. The molecule has 0 aromatic heterocycles. The second-order valence-electron chi connectivity index (χ2n) is 6.88. The molecule has 0 fully saturated rings. The van der Waals surface area contributed by atoms with E-state index < -0.39 is 10.1 Å². The Labute approximate surface area is 182 Å². The molecule has 0 aliphatic rings. The Morgan fingerprint density at radius 1 is 1.03 bits per heavy atom. The summed E-state index contributed by atoms with van der Waals surface area (Å²) in [6, 6.07) is 22.9. The molecule has 0 heterocycles. The molecule has 3 aromatic carbocycles. The normalized spacial score (nSPS) is 12.1. The molecule has 0 spiro atoms. The summed E-state index contributed by atoms with van der Waals surface area (Å²) in [6.07, 6.45) is 0.418. The third-order valence-electron chi connectivity index (χ3n) is 4.60. The van der Waals surface area contributed by atoms with Crippen LogP contribution in [0.3, 0.4) is 0 Å². The van der Waals surface area contributed by atoms with Gasteiger partial charge in [-0.05, 0) is 61.4 Å². The number of halogens is 1. The second kappa shape index (κ2) is 9.17. The van der Waals surface area contributed by atoms with Crippen LogP contribution in [0.25, 0.3) is 5.57 Å². The van der Waals surface area contributed by atoms with Crippen LogP contribution >= 0.6 is 11.6 Å². The molecule has 0 N–H and O–H groups in total. The first-order valence-electron chi connectivity index (χ1n) is 9.24. The van der Waals surface area contributed by atoms with E-state index in [1.54, 1.807) is 49.4 Å². The highest BCUT2D eigenvalue weighted by atomic mass is 35.5. The van der Waals surface area contributed by atoms with Gasteiger partial charge >= 0.3 is 10.1 Å². The standard InChI is InChI=1S/C24H20ClNO3S/c1-17-6-12-23(13-7-17)30(27,28)29-18(2)24(15-19-8-10-22(25)11-9-19)21-5-3-4-20(14-21)16-26/h3-14H,15H2,1-2H3/b24-18-. The molecule has 4 nitrogen and oxygen atoms in total. The lowest BCUT2D eigenvalue weighted by molar-refractivity contribution is 0.409. The molecular weight excluding hydrogens is 418 g/mol. The predicted octanol–water partition coefficient (Wildman–Crippen LogP) is 5.90. The van der Waals surface area contributed by atoms with E-state index in [9.17, 15) is 13.7 Å². The van der Waals surface area contributed by atoms with Crippen LogP contribution in [0, 0.1) is 18.3 Å². The third-order valence-corrected chi connectivity index (χ3v) is 6.17. The predicted molar refractivity (Wildman–Crippen MR) is 118 cm³/mol. The fourth-order valence-electron chi connectivity index (χ4n) is 2.98. The van der Waals surface area contributed by atoms with Crippen molar-refractivity contribution in [3.63, 3.8) is 0 Å². The molecule has 0 atom stereocenters. The molecule has 0 saturated carbocycles. The van der Waals surface area contributed by atoms with Crippen LogP contribution in [-0.2, 0) is 20.7 Å². The van der Waals surface area contributed by atoms with Crippen LogP contribution < -0.4 is 0 Å². The highest BCUT2D eigenvalue weighted by molar-refractivity contribution is 7.86. The van der Waals surface area contributed by atoms with E-state index in [0.717, 1.165) is 16.7 Å². The van der Waals surface area contributed by atoms with Gasteiger partial charge in [-0.3, -0.25) is 0 Å². The van der Waals surface area contributed by atoms with Gasteiger partial charge in [0.2, 0.25) is 0 Å². The van der Waals surface area contributed by atoms with Crippen molar-refractivity contribution in [2.45, 2.75) is 25.2 Å². The number of aryl methyl sites for hydroxylation is 1. The molecule has 0 bridgehead atoms. The summed E-state index contributed by atoms with van der Waals surface area (Å²) in [5.74, 6) is 0.251. The van der Waals surface area contributed by atoms with Crippen molar-refractivity contribution in [1.82, 2.24) is 0 Å². The van der Waals surface area contributed by atoms with E-state index in [-0.39, 0.29) is 10.7 Å². The lowest BCUT2D eigenvalue weighted by Gasteiger charge is -2.15. The molecule has 0 amide bonds. The first kappa shape index (κ1) is 21.6. The summed E-state index contributed by atoms with van der Waals surface area (Å²) in [5, 5.41) is 9.87. The Morgan fingerprint density at radius 3 is 2.33 bits per heavy atom. The number of nitrogens with zero attached hydrogens (tertiary/aromatic N) is 1. The van der Waals surface area contributed by atoms with Gasteiger partial charge in [0.05, 0.1) is 11.6 Å². The Kier molecular flexibility index (Phi) is 6.61. The SMILES string of the molecule is C/C(OS(=O)(=O)c1ccc(C)cc1)=C(\Cc1ccc(Cl)cc1)c1cccc(C#N)c1. The first-order chi connectivity index (χ1) is 14.3. The van der Waals surface area contributed by atoms with Crippen LogP contribution in [0.5, 0.6) is 0 Å². The Balaban J connectivity index is 2.04. The smallest absolute Gasteiger partial charge is 0.338 e. The number of benzene rings is 3. The molecule has 0 radical (unpaired) electrons. The zero-order valence-corrected chi connectivity index (χ0v) is 18.2. The van der Waals surface area contributed by atoms with E-state index in [1.807, 2.05) is 25.1 Å².